The monoisotopic (exact) mass is 357 g/mol. The molecule has 0 saturated heterocycles. The maximum atomic E-state index is 6.19. The highest BCUT2D eigenvalue weighted by molar-refractivity contribution is 6.70. The Morgan fingerprint density at radius 1 is 0.875 bits per heavy atom. The molecule has 0 aliphatic rings. The Morgan fingerprint density at radius 2 is 1.58 bits per heavy atom. The Hall–Kier alpha value is -2.43. The van der Waals surface area contributed by atoms with Crippen molar-refractivity contribution >= 4 is 44.4 Å². The van der Waals surface area contributed by atoms with Crippen LogP contribution in [0.4, 0.5) is 0 Å². The topological polar surface area (TPSA) is 46.8 Å². The lowest BCUT2D eigenvalue weighted by molar-refractivity contribution is 0.415. The highest BCUT2D eigenvalue weighted by Crippen LogP contribution is 2.15. The van der Waals surface area contributed by atoms with E-state index in [4.69, 9.17) is 27.9 Å². The van der Waals surface area contributed by atoms with Crippen LogP contribution in [0.3, 0.4) is 0 Å². The van der Waals surface area contributed by atoms with E-state index in [1.165, 1.54) is 0 Å². The zero-order valence-corrected chi connectivity index (χ0v) is 14.3. The quantitative estimate of drug-likeness (QED) is 0.495. The molecule has 0 unspecified atom stereocenters. The molecule has 4 nitrogen and oxygen atoms in total. The van der Waals surface area contributed by atoms with E-state index in [0.29, 0.717) is 5.69 Å². The van der Waals surface area contributed by atoms with E-state index in [-0.39, 0.29) is 10.3 Å². The Bertz CT molecular complexity index is 921. The molecule has 0 aliphatic heterocycles. The Kier molecular flexibility index (Phi) is 5.08. The smallest absolute Gasteiger partial charge is 0.177 e. The number of rotatable bonds is 4. The molecule has 1 aromatic heterocycles. The number of fused-ring (bicyclic) bond motifs is 1. The molecule has 1 heterocycles. The molecule has 3 rings (SSSR count). The second kappa shape index (κ2) is 7.43. The van der Waals surface area contributed by atoms with Crippen LogP contribution >= 0.6 is 23.2 Å². The maximum absolute atomic E-state index is 6.19. The van der Waals surface area contributed by atoms with E-state index in [2.05, 4.69) is 15.2 Å². The van der Waals surface area contributed by atoms with E-state index >= 15 is 0 Å². The van der Waals surface area contributed by atoms with Crippen LogP contribution in [0, 0.1) is 0 Å². The number of hydrogen-bond acceptors (Lipinski definition) is 4. The highest BCUT2D eigenvalue weighted by atomic mass is 35.5. The molecular weight excluding hydrogens is 345 g/mol. The predicted octanol–water partition coefficient (Wildman–Crippen LogP) is 4.83. The molecule has 0 saturated carbocycles. The standard InChI is InChI=1S/C18H13Cl2N3O/c1-24-14-9-6-13(7-10-14)17(19)22-23-18(20)16-11-8-12-4-2-3-5-15(12)21-16/h2-11H,1H3/b22-17-,23-18-. The largest absolute Gasteiger partial charge is 0.497 e. The van der Waals surface area contributed by atoms with Crippen molar-refractivity contribution in [2.45, 2.75) is 0 Å². The van der Waals surface area contributed by atoms with Crippen LogP contribution in [0.2, 0.25) is 0 Å². The van der Waals surface area contributed by atoms with E-state index in [0.717, 1.165) is 22.2 Å². The number of ether oxygens (including phenoxy) is 1. The first-order valence-corrected chi connectivity index (χ1v) is 7.90. The van der Waals surface area contributed by atoms with Crippen molar-refractivity contribution in [3.8, 4) is 5.75 Å². The van der Waals surface area contributed by atoms with Crippen LogP contribution in [0.25, 0.3) is 10.9 Å². The molecule has 120 valence electrons. The molecule has 0 fully saturated rings. The lowest BCUT2D eigenvalue weighted by Gasteiger charge is -2.01. The van der Waals surface area contributed by atoms with Gasteiger partial charge in [0.2, 0.25) is 0 Å². The van der Waals surface area contributed by atoms with Crippen LogP contribution in [0.15, 0.2) is 70.9 Å². The van der Waals surface area contributed by atoms with E-state index in [1.807, 2.05) is 30.3 Å². The SMILES string of the molecule is COc1ccc(/C(Cl)=N/N=C(\Cl)c2ccc3ccccc3n2)cc1. The van der Waals surface area contributed by atoms with Gasteiger partial charge < -0.3 is 4.74 Å². The molecule has 3 aromatic rings. The fourth-order valence-electron chi connectivity index (χ4n) is 2.11. The molecular formula is C18H13Cl2N3O. The van der Waals surface area contributed by atoms with Gasteiger partial charge >= 0.3 is 0 Å². The van der Waals surface area contributed by atoms with Crippen LogP contribution in [0.5, 0.6) is 5.75 Å². The first-order valence-electron chi connectivity index (χ1n) is 7.14. The Balaban J connectivity index is 1.85. The summed E-state index contributed by atoms with van der Waals surface area (Å²) in [5.41, 5.74) is 2.10. The number of halogens is 2. The lowest BCUT2D eigenvalue weighted by Crippen LogP contribution is -1.96. The number of benzene rings is 2. The van der Waals surface area contributed by atoms with Gasteiger partial charge in [0.1, 0.15) is 11.4 Å². The molecule has 0 amide bonds. The third-order valence-electron chi connectivity index (χ3n) is 3.36. The average Bonchev–Trinajstić information content (AvgIpc) is 2.65. The molecule has 2 aromatic carbocycles. The van der Waals surface area contributed by atoms with Gasteiger partial charge in [-0.3, -0.25) is 0 Å². The van der Waals surface area contributed by atoms with Crippen molar-refractivity contribution in [1.29, 1.82) is 0 Å². The van der Waals surface area contributed by atoms with Crippen LogP contribution in [-0.4, -0.2) is 22.4 Å². The molecule has 0 bridgehead atoms. The second-order valence-corrected chi connectivity index (χ2v) is 5.62. The summed E-state index contributed by atoms with van der Waals surface area (Å²) in [7, 11) is 1.60. The number of methoxy groups -OCH3 is 1. The molecule has 0 aliphatic carbocycles. The van der Waals surface area contributed by atoms with E-state index < -0.39 is 0 Å². The highest BCUT2D eigenvalue weighted by Gasteiger charge is 2.05. The molecule has 0 atom stereocenters. The summed E-state index contributed by atoms with van der Waals surface area (Å²) in [6.07, 6.45) is 0. The van der Waals surface area contributed by atoms with Crippen molar-refractivity contribution in [2.75, 3.05) is 7.11 Å². The van der Waals surface area contributed by atoms with Crippen LogP contribution in [-0.2, 0) is 0 Å². The van der Waals surface area contributed by atoms with Gasteiger partial charge in [-0.25, -0.2) is 4.98 Å². The predicted molar refractivity (Wildman–Crippen MR) is 99.5 cm³/mol. The third kappa shape index (κ3) is 3.72. The molecule has 0 spiro atoms. The number of hydrogen-bond donors (Lipinski definition) is 0. The van der Waals surface area contributed by atoms with Gasteiger partial charge in [0.25, 0.3) is 0 Å². The van der Waals surface area contributed by atoms with E-state index in [9.17, 15) is 0 Å². The zero-order valence-electron chi connectivity index (χ0n) is 12.8. The summed E-state index contributed by atoms with van der Waals surface area (Å²) >= 11 is 12.3. The summed E-state index contributed by atoms with van der Waals surface area (Å²) in [6, 6.07) is 18.7. The van der Waals surface area contributed by atoms with Gasteiger partial charge in [-0.05, 0) is 36.4 Å². The van der Waals surface area contributed by atoms with Crippen molar-refractivity contribution in [3.05, 3.63) is 71.9 Å². The lowest BCUT2D eigenvalue weighted by atomic mass is 10.2. The van der Waals surface area contributed by atoms with Crippen molar-refractivity contribution in [1.82, 2.24) is 4.98 Å². The minimum Gasteiger partial charge on any atom is -0.497 e. The summed E-state index contributed by atoms with van der Waals surface area (Å²) < 4.78 is 5.10. The van der Waals surface area contributed by atoms with Crippen LogP contribution < -0.4 is 4.74 Å². The molecule has 0 N–H and O–H groups in total. The normalized spacial score (nSPS) is 12.5. The van der Waals surface area contributed by atoms with E-state index in [1.54, 1.807) is 37.4 Å². The minimum atomic E-state index is 0.174. The molecule has 6 heteroatoms. The van der Waals surface area contributed by atoms with Crippen molar-refractivity contribution in [3.63, 3.8) is 0 Å². The summed E-state index contributed by atoms with van der Waals surface area (Å²) in [5.74, 6) is 0.741. The molecule has 0 radical (unpaired) electrons. The summed E-state index contributed by atoms with van der Waals surface area (Å²) in [5, 5.41) is 9.37. The maximum Gasteiger partial charge on any atom is 0.177 e. The number of nitrogens with zero attached hydrogens (tertiary/aromatic N) is 3. The number of pyridine rings is 1. The van der Waals surface area contributed by atoms with Gasteiger partial charge in [-0.1, -0.05) is 47.5 Å². The van der Waals surface area contributed by atoms with Crippen molar-refractivity contribution in [2.24, 2.45) is 10.2 Å². The fourth-order valence-corrected chi connectivity index (χ4v) is 2.41. The number of para-hydroxylation sites is 1. The van der Waals surface area contributed by atoms with Gasteiger partial charge in [0, 0.05) is 10.9 Å². The first kappa shape index (κ1) is 16.4. The number of aromatic nitrogens is 1. The zero-order chi connectivity index (χ0) is 16.9. The second-order valence-electron chi connectivity index (χ2n) is 4.90. The van der Waals surface area contributed by atoms with Gasteiger partial charge in [-0.2, -0.15) is 0 Å². The van der Waals surface area contributed by atoms with Gasteiger partial charge in [0.15, 0.2) is 10.3 Å². The Morgan fingerprint density at radius 3 is 2.33 bits per heavy atom. The first-order chi connectivity index (χ1) is 11.7. The summed E-state index contributed by atoms with van der Waals surface area (Å²) in [4.78, 5) is 4.46. The molecule has 24 heavy (non-hydrogen) atoms. The fraction of sp³-hybridized carbons (Fsp3) is 0.0556. The summed E-state index contributed by atoms with van der Waals surface area (Å²) in [6.45, 7) is 0. The van der Waals surface area contributed by atoms with Gasteiger partial charge in [0.05, 0.1) is 12.6 Å². The minimum absolute atomic E-state index is 0.174. The van der Waals surface area contributed by atoms with Gasteiger partial charge in [-0.15, -0.1) is 10.2 Å². The third-order valence-corrected chi connectivity index (χ3v) is 3.93. The van der Waals surface area contributed by atoms with Crippen LogP contribution in [0.1, 0.15) is 11.3 Å². The Labute approximate surface area is 149 Å². The average molecular weight is 358 g/mol. The van der Waals surface area contributed by atoms with Crippen molar-refractivity contribution < 1.29 is 4.74 Å².